The maximum atomic E-state index is 5.99. The molecule has 0 amide bonds. The van der Waals surface area contributed by atoms with Gasteiger partial charge < -0.3 is 5.73 Å². The Hall–Kier alpha value is -0.870. The number of rotatable bonds is 4. The van der Waals surface area contributed by atoms with Gasteiger partial charge in [0.2, 0.25) is 0 Å². The number of aromatic nitrogens is 2. The minimum Gasteiger partial charge on any atom is -0.328 e. The van der Waals surface area contributed by atoms with Gasteiger partial charge >= 0.3 is 0 Å². The number of nitrogens with two attached hydrogens (primary N) is 1. The average molecular weight is 276 g/mol. The molecule has 0 radical (unpaired) electrons. The minimum absolute atomic E-state index is 0.432. The Bertz CT molecular complexity index is 414. The molecule has 2 saturated carbocycles. The highest BCUT2D eigenvalue weighted by atomic mass is 15.3. The molecule has 1 heterocycles. The molecule has 4 heteroatoms. The second-order valence-corrected chi connectivity index (χ2v) is 6.71. The molecule has 0 saturated heterocycles. The lowest BCUT2D eigenvalue weighted by Crippen LogP contribution is -2.38. The molecule has 0 atom stereocenters. The van der Waals surface area contributed by atoms with E-state index in [0.29, 0.717) is 18.1 Å². The Morgan fingerprint density at radius 1 is 1.20 bits per heavy atom. The lowest BCUT2D eigenvalue weighted by atomic mass is 9.91. The third-order valence-corrected chi connectivity index (χ3v) is 5.14. The van der Waals surface area contributed by atoms with Crippen molar-refractivity contribution >= 4 is 0 Å². The van der Waals surface area contributed by atoms with Gasteiger partial charge in [0.15, 0.2) is 0 Å². The van der Waals surface area contributed by atoms with E-state index >= 15 is 0 Å². The van der Waals surface area contributed by atoms with Crippen LogP contribution in [0.25, 0.3) is 0 Å². The van der Waals surface area contributed by atoms with Gasteiger partial charge in [-0.1, -0.05) is 12.8 Å². The molecular formula is C16H28N4. The van der Waals surface area contributed by atoms with Crippen molar-refractivity contribution < 1.29 is 0 Å². The fraction of sp³-hybridized carbons (Fsp3) is 0.812. The molecule has 2 fully saturated rings. The first kappa shape index (κ1) is 14.1. The summed E-state index contributed by atoms with van der Waals surface area (Å²) in [7, 11) is 2.23. The Balaban J connectivity index is 1.54. The van der Waals surface area contributed by atoms with Crippen LogP contribution in [0.1, 0.15) is 63.1 Å². The zero-order valence-corrected chi connectivity index (χ0v) is 12.7. The smallest absolute Gasteiger partial charge is 0.0764 e. The van der Waals surface area contributed by atoms with Gasteiger partial charge in [0.05, 0.1) is 11.7 Å². The van der Waals surface area contributed by atoms with Crippen LogP contribution in [0.4, 0.5) is 0 Å². The summed E-state index contributed by atoms with van der Waals surface area (Å²) in [5.41, 5.74) is 7.21. The van der Waals surface area contributed by atoms with E-state index in [0.717, 1.165) is 6.54 Å². The zero-order valence-electron chi connectivity index (χ0n) is 12.7. The van der Waals surface area contributed by atoms with Gasteiger partial charge in [-0.25, -0.2) is 0 Å². The molecule has 0 unspecified atom stereocenters. The van der Waals surface area contributed by atoms with Crippen LogP contribution in [0.5, 0.6) is 0 Å². The highest BCUT2D eigenvalue weighted by Crippen LogP contribution is 2.29. The Labute approximate surface area is 122 Å². The quantitative estimate of drug-likeness (QED) is 0.919. The van der Waals surface area contributed by atoms with E-state index in [-0.39, 0.29) is 0 Å². The van der Waals surface area contributed by atoms with Gasteiger partial charge in [-0.15, -0.1) is 0 Å². The van der Waals surface area contributed by atoms with Gasteiger partial charge in [-0.3, -0.25) is 9.58 Å². The van der Waals surface area contributed by atoms with Crippen LogP contribution >= 0.6 is 0 Å². The summed E-state index contributed by atoms with van der Waals surface area (Å²) in [5.74, 6) is 0. The maximum Gasteiger partial charge on any atom is 0.0764 e. The van der Waals surface area contributed by atoms with Crippen molar-refractivity contribution in [1.29, 1.82) is 0 Å². The molecule has 0 spiro atoms. The summed E-state index contributed by atoms with van der Waals surface area (Å²) in [6.45, 7) is 0.972. The number of hydrogen-bond acceptors (Lipinski definition) is 3. The van der Waals surface area contributed by atoms with E-state index in [1.165, 1.54) is 57.1 Å². The first-order valence-corrected chi connectivity index (χ1v) is 8.22. The molecule has 0 bridgehead atoms. The average Bonchev–Trinajstić information content (AvgIpc) is 3.09. The largest absolute Gasteiger partial charge is 0.328 e. The lowest BCUT2D eigenvalue weighted by molar-refractivity contribution is 0.174. The first-order valence-electron chi connectivity index (χ1n) is 8.22. The van der Waals surface area contributed by atoms with Gasteiger partial charge in [-0.2, -0.15) is 5.10 Å². The van der Waals surface area contributed by atoms with Crippen LogP contribution in [-0.2, 0) is 6.54 Å². The third-order valence-electron chi connectivity index (χ3n) is 5.14. The van der Waals surface area contributed by atoms with Gasteiger partial charge in [0.25, 0.3) is 0 Å². The molecule has 112 valence electrons. The van der Waals surface area contributed by atoms with Crippen molar-refractivity contribution in [3.8, 4) is 0 Å². The molecule has 1 aromatic rings. The van der Waals surface area contributed by atoms with Gasteiger partial charge in [0, 0.05) is 24.8 Å². The minimum atomic E-state index is 0.432. The fourth-order valence-corrected chi connectivity index (χ4v) is 3.76. The molecule has 0 aromatic carbocycles. The van der Waals surface area contributed by atoms with E-state index in [1.54, 1.807) is 0 Å². The summed E-state index contributed by atoms with van der Waals surface area (Å²) in [6, 6.07) is 3.97. The predicted octanol–water partition coefficient (Wildman–Crippen LogP) is 2.70. The second kappa shape index (κ2) is 6.27. The topological polar surface area (TPSA) is 47.1 Å². The van der Waals surface area contributed by atoms with Crippen LogP contribution in [0.15, 0.2) is 12.3 Å². The van der Waals surface area contributed by atoms with Crippen molar-refractivity contribution in [3.63, 3.8) is 0 Å². The molecule has 2 aliphatic rings. The third kappa shape index (κ3) is 3.23. The van der Waals surface area contributed by atoms with E-state index in [9.17, 15) is 0 Å². The molecule has 2 N–H and O–H groups in total. The molecule has 2 aliphatic carbocycles. The lowest BCUT2D eigenvalue weighted by Gasteiger charge is -2.33. The Morgan fingerprint density at radius 2 is 1.90 bits per heavy atom. The molecule has 3 rings (SSSR count). The van der Waals surface area contributed by atoms with Crippen LogP contribution < -0.4 is 5.73 Å². The summed E-state index contributed by atoms with van der Waals surface area (Å²) >= 11 is 0. The van der Waals surface area contributed by atoms with Crippen molar-refractivity contribution in [2.75, 3.05) is 7.05 Å². The molecule has 1 aromatic heterocycles. The van der Waals surface area contributed by atoms with Crippen molar-refractivity contribution in [2.24, 2.45) is 5.73 Å². The van der Waals surface area contributed by atoms with E-state index < -0.39 is 0 Å². The zero-order chi connectivity index (χ0) is 13.9. The molecule has 20 heavy (non-hydrogen) atoms. The van der Waals surface area contributed by atoms with Crippen LogP contribution in [0.2, 0.25) is 0 Å². The predicted molar refractivity (Wildman–Crippen MR) is 81.4 cm³/mol. The molecule has 4 nitrogen and oxygen atoms in total. The normalized spacial score (nSPS) is 28.4. The summed E-state index contributed by atoms with van der Waals surface area (Å²) in [5, 5.41) is 4.79. The summed E-state index contributed by atoms with van der Waals surface area (Å²) in [6.07, 6.45) is 12.3. The van der Waals surface area contributed by atoms with E-state index in [2.05, 4.69) is 28.9 Å². The van der Waals surface area contributed by atoms with E-state index in [1.807, 2.05) is 0 Å². The van der Waals surface area contributed by atoms with Crippen molar-refractivity contribution in [1.82, 2.24) is 14.7 Å². The van der Waals surface area contributed by atoms with Crippen molar-refractivity contribution in [3.05, 3.63) is 18.0 Å². The molecular weight excluding hydrogens is 248 g/mol. The van der Waals surface area contributed by atoms with Gasteiger partial charge in [-0.05, 0) is 51.6 Å². The Kier molecular flexibility index (Phi) is 4.41. The van der Waals surface area contributed by atoms with Crippen LogP contribution in [0.3, 0.4) is 0 Å². The van der Waals surface area contributed by atoms with E-state index in [4.69, 9.17) is 10.8 Å². The fourth-order valence-electron chi connectivity index (χ4n) is 3.76. The first-order chi connectivity index (χ1) is 9.72. The van der Waals surface area contributed by atoms with Crippen LogP contribution in [-0.4, -0.2) is 33.8 Å². The Morgan fingerprint density at radius 3 is 2.60 bits per heavy atom. The second-order valence-electron chi connectivity index (χ2n) is 6.71. The van der Waals surface area contributed by atoms with Crippen molar-refractivity contribution in [2.45, 2.75) is 76.0 Å². The summed E-state index contributed by atoms with van der Waals surface area (Å²) in [4.78, 5) is 2.47. The van der Waals surface area contributed by atoms with Crippen LogP contribution in [0, 0.1) is 0 Å². The highest BCUT2D eigenvalue weighted by molar-refractivity contribution is 5.00. The highest BCUT2D eigenvalue weighted by Gasteiger charge is 2.23. The monoisotopic (exact) mass is 276 g/mol. The summed E-state index contributed by atoms with van der Waals surface area (Å²) < 4.78 is 2.20. The standard InChI is InChI=1S/C16H28N4/c1-19(15-8-6-13(17)7-9-15)12-14-10-11-20(18-14)16-4-2-3-5-16/h10-11,13,15-16H,2-9,12,17H2,1H3. The molecule has 0 aliphatic heterocycles. The van der Waals surface area contributed by atoms with Gasteiger partial charge in [0.1, 0.15) is 0 Å². The number of hydrogen-bond donors (Lipinski definition) is 1. The SMILES string of the molecule is CN(Cc1ccn(C2CCCC2)n1)C1CCC(N)CC1. The number of nitrogens with zero attached hydrogens (tertiary/aromatic N) is 3. The maximum absolute atomic E-state index is 5.99.